The van der Waals surface area contributed by atoms with Gasteiger partial charge < -0.3 is 11.1 Å². The normalized spacial score (nSPS) is 15.5. The maximum atomic E-state index is 12.2. The Morgan fingerprint density at radius 2 is 2.22 bits per heavy atom. The number of hydrogen-bond acceptors (Lipinski definition) is 2. The van der Waals surface area contributed by atoms with Gasteiger partial charge >= 0.3 is 0 Å². The van der Waals surface area contributed by atoms with Crippen LogP contribution in [0.5, 0.6) is 0 Å². The smallest absolute Gasteiger partial charge is 0.252 e. The number of carbonyl (C=O) groups excluding carboxylic acids is 1. The first kappa shape index (κ1) is 12.7. The number of hydrogen-bond donors (Lipinski definition) is 2. The second-order valence-electron chi connectivity index (χ2n) is 5.00. The maximum absolute atomic E-state index is 12.2. The van der Waals surface area contributed by atoms with Crippen molar-refractivity contribution in [2.45, 2.75) is 32.2 Å². The summed E-state index contributed by atoms with van der Waals surface area (Å²) in [5, 5.41) is 3.06. The Morgan fingerprint density at radius 1 is 1.50 bits per heavy atom. The van der Waals surface area contributed by atoms with Crippen molar-refractivity contribution < 1.29 is 4.79 Å². The Balaban J connectivity index is 2.25. The molecule has 1 aromatic carbocycles. The van der Waals surface area contributed by atoms with E-state index in [0.29, 0.717) is 12.1 Å². The first-order valence-electron chi connectivity index (χ1n) is 6.17. The van der Waals surface area contributed by atoms with Crippen molar-refractivity contribution in [1.29, 1.82) is 0 Å². The summed E-state index contributed by atoms with van der Waals surface area (Å²) in [6, 6.07) is 5.61. The van der Waals surface area contributed by atoms with Crippen molar-refractivity contribution in [1.82, 2.24) is 5.32 Å². The van der Waals surface area contributed by atoms with Gasteiger partial charge in [-0.2, -0.15) is 0 Å². The van der Waals surface area contributed by atoms with Gasteiger partial charge in [-0.1, -0.05) is 17.9 Å². The molecule has 0 aliphatic heterocycles. The van der Waals surface area contributed by atoms with E-state index in [0.717, 1.165) is 24.0 Å². The molecular weight excluding hydrogens is 224 g/mol. The van der Waals surface area contributed by atoms with Gasteiger partial charge in [0.25, 0.3) is 5.91 Å². The van der Waals surface area contributed by atoms with Crippen molar-refractivity contribution in [2.24, 2.45) is 5.73 Å². The molecule has 0 saturated heterocycles. The van der Waals surface area contributed by atoms with E-state index in [4.69, 9.17) is 5.73 Å². The zero-order valence-corrected chi connectivity index (χ0v) is 10.8. The minimum atomic E-state index is -0.0103. The third-order valence-electron chi connectivity index (χ3n) is 3.32. The van der Waals surface area contributed by atoms with Gasteiger partial charge in [0.1, 0.15) is 0 Å². The topological polar surface area (TPSA) is 55.1 Å². The van der Waals surface area contributed by atoms with Crippen LogP contribution in [0, 0.1) is 18.8 Å². The molecule has 3 heteroatoms. The Hall–Kier alpha value is -1.79. The summed E-state index contributed by atoms with van der Waals surface area (Å²) in [5.41, 5.74) is 7.85. The number of amides is 1. The van der Waals surface area contributed by atoms with E-state index < -0.39 is 0 Å². The molecule has 1 aliphatic rings. The van der Waals surface area contributed by atoms with Crippen molar-refractivity contribution in [3.05, 3.63) is 34.9 Å². The van der Waals surface area contributed by atoms with Crippen LogP contribution in [-0.2, 0) is 0 Å². The number of carbonyl (C=O) groups is 1. The van der Waals surface area contributed by atoms with Crippen LogP contribution in [0.15, 0.2) is 18.2 Å². The summed E-state index contributed by atoms with van der Waals surface area (Å²) in [6.07, 6.45) is 2.12. The molecule has 1 aliphatic carbocycles. The standard InChI is InChI=1S/C15H18N2O/c1-11-12(6-4-10-16)5-3-7-13(11)14(18)17-15(2)8-9-15/h3,5,7H,8-10,16H2,1-2H3,(H,17,18). The average Bonchev–Trinajstić information content (AvgIpc) is 3.05. The summed E-state index contributed by atoms with van der Waals surface area (Å²) in [5.74, 6) is 5.80. The molecular formula is C15H18N2O. The Labute approximate surface area is 108 Å². The largest absolute Gasteiger partial charge is 0.347 e. The summed E-state index contributed by atoms with van der Waals surface area (Å²) in [4.78, 5) is 12.2. The van der Waals surface area contributed by atoms with Gasteiger partial charge in [0, 0.05) is 16.7 Å². The number of rotatable bonds is 2. The Bertz CT molecular complexity index is 533. The first-order valence-corrected chi connectivity index (χ1v) is 6.17. The minimum Gasteiger partial charge on any atom is -0.347 e. The highest BCUT2D eigenvalue weighted by atomic mass is 16.1. The van der Waals surface area contributed by atoms with Crippen LogP contribution in [0.2, 0.25) is 0 Å². The summed E-state index contributed by atoms with van der Waals surface area (Å²) < 4.78 is 0. The van der Waals surface area contributed by atoms with Crippen LogP contribution in [-0.4, -0.2) is 18.0 Å². The van der Waals surface area contributed by atoms with Gasteiger partial charge in [0.2, 0.25) is 0 Å². The molecule has 2 rings (SSSR count). The fourth-order valence-corrected chi connectivity index (χ4v) is 1.82. The van der Waals surface area contributed by atoms with Gasteiger partial charge in [0.15, 0.2) is 0 Å². The van der Waals surface area contributed by atoms with Crippen molar-refractivity contribution in [3.8, 4) is 11.8 Å². The Kier molecular flexibility index (Phi) is 3.40. The SMILES string of the molecule is Cc1c(C#CCN)cccc1C(=O)NC1(C)CC1. The highest BCUT2D eigenvalue weighted by Gasteiger charge is 2.38. The highest BCUT2D eigenvalue weighted by Crippen LogP contribution is 2.34. The van der Waals surface area contributed by atoms with Crippen LogP contribution in [0.25, 0.3) is 0 Å². The van der Waals surface area contributed by atoms with Crippen molar-refractivity contribution >= 4 is 5.91 Å². The van der Waals surface area contributed by atoms with E-state index in [1.807, 2.05) is 25.1 Å². The van der Waals surface area contributed by atoms with Crippen LogP contribution in [0.3, 0.4) is 0 Å². The molecule has 0 aromatic heterocycles. The minimum absolute atomic E-state index is 0.00245. The predicted octanol–water partition coefficient (Wildman–Crippen LogP) is 1.59. The molecule has 1 amide bonds. The summed E-state index contributed by atoms with van der Waals surface area (Å²) in [7, 11) is 0. The fraction of sp³-hybridized carbons (Fsp3) is 0.400. The molecule has 0 bridgehead atoms. The summed E-state index contributed by atoms with van der Waals surface area (Å²) >= 11 is 0. The van der Waals surface area contributed by atoms with Gasteiger partial charge in [0.05, 0.1) is 6.54 Å². The molecule has 1 fully saturated rings. The number of nitrogens with two attached hydrogens (primary N) is 1. The molecule has 1 saturated carbocycles. The zero-order chi connectivity index (χ0) is 13.2. The molecule has 0 radical (unpaired) electrons. The summed E-state index contributed by atoms with van der Waals surface area (Å²) in [6.45, 7) is 4.32. The second kappa shape index (κ2) is 4.83. The van der Waals surface area contributed by atoms with Crippen LogP contribution in [0.1, 0.15) is 41.3 Å². The molecule has 0 atom stereocenters. The van der Waals surface area contributed by atoms with E-state index in [1.54, 1.807) is 0 Å². The van der Waals surface area contributed by atoms with Gasteiger partial charge in [-0.05, 0) is 44.4 Å². The predicted molar refractivity (Wildman–Crippen MR) is 72.2 cm³/mol. The molecule has 0 heterocycles. The van der Waals surface area contributed by atoms with E-state index >= 15 is 0 Å². The molecule has 3 nitrogen and oxygen atoms in total. The van der Waals surface area contributed by atoms with Gasteiger partial charge in [-0.15, -0.1) is 0 Å². The van der Waals surface area contributed by atoms with E-state index in [2.05, 4.69) is 24.1 Å². The van der Waals surface area contributed by atoms with Crippen LogP contribution < -0.4 is 11.1 Å². The quantitative estimate of drug-likeness (QED) is 0.774. The monoisotopic (exact) mass is 242 g/mol. The molecule has 3 N–H and O–H groups in total. The molecule has 18 heavy (non-hydrogen) atoms. The second-order valence-corrected chi connectivity index (χ2v) is 5.00. The lowest BCUT2D eigenvalue weighted by Gasteiger charge is -2.13. The highest BCUT2D eigenvalue weighted by molar-refractivity contribution is 5.96. The molecule has 0 spiro atoms. The third-order valence-corrected chi connectivity index (χ3v) is 3.32. The average molecular weight is 242 g/mol. The maximum Gasteiger partial charge on any atom is 0.252 e. The number of nitrogens with one attached hydrogen (secondary N) is 1. The Morgan fingerprint density at radius 3 is 2.83 bits per heavy atom. The van der Waals surface area contributed by atoms with Gasteiger partial charge in [-0.3, -0.25) is 4.79 Å². The number of benzene rings is 1. The zero-order valence-electron chi connectivity index (χ0n) is 10.8. The molecule has 94 valence electrons. The first-order chi connectivity index (χ1) is 8.56. The lowest BCUT2D eigenvalue weighted by Crippen LogP contribution is -2.34. The van der Waals surface area contributed by atoms with Crippen LogP contribution >= 0.6 is 0 Å². The lowest BCUT2D eigenvalue weighted by atomic mass is 10.0. The molecule has 0 unspecified atom stereocenters. The van der Waals surface area contributed by atoms with Crippen molar-refractivity contribution in [2.75, 3.05) is 6.54 Å². The van der Waals surface area contributed by atoms with Crippen molar-refractivity contribution in [3.63, 3.8) is 0 Å². The third kappa shape index (κ3) is 2.72. The van der Waals surface area contributed by atoms with E-state index in [9.17, 15) is 4.79 Å². The van der Waals surface area contributed by atoms with Gasteiger partial charge in [-0.25, -0.2) is 0 Å². The lowest BCUT2D eigenvalue weighted by molar-refractivity contribution is 0.0935. The van der Waals surface area contributed by atoms with E-state index in [-0.39, 0.29) is 11.4 Å². The molecule has 1 aromatic rings. The van der Waals surface area contributed by atoms with Crippen LogP contribution in [0.4, 0.5) is 0 Å². The van der Waals surface area contributed by atoms with E-state index in [1.165, 1.54) is 0 Å². The fourth-order valence-electron chi connectivity index (χ4n) is 1.82.